The Kier molecular flexibility index (Phi) is 5.18. The van der Waals surface area contributed by atoms with E-state index in [2.05, 4.69) is 5.92 Å². The van der Waals surface area contributed by atoms with Crippen LogP contribution in [-0.2, 0) is 15.1 Å². The number of halogens is 1. The molecule has 1 unspecified atom stereocenters. The molecule has 0 amide bonds. The molecule has 1 atom stereocenters. The Hall–Kier alpha value is -2.60. The van der Waals surface area contributed by atoms with Gasteiger partial charge in [-0.05, 0) is 23.3 Å². The summed E-state index contributed by atoms with van der Waals surface area (Å²) in [6.45, 7) is 3.34. The number of rotatable bonds is 5. The lowest BCUT2D eigenvalue weighted by Gasteiger charge is -2.28. The Morgan fingerprint density at radius 3 is 2.09 bits per heavy atom. The van der Waals surface area contributed by atoms with E-state index in [0.29, 0.717) is 6.42 Å². The third-order valence-corrected chi connectivity index (χ3v) is 3.68. The molecule has 2 rings (SSSR count). The Morgan fingerprint density at radius 1 is 1.13 bits per heavy atom. The van der Waals surface area contributed by atoms with E-state index in [1.807, 2.05) is 31.2 Å². The SMILES string of the molecule is C#CC(CCC)(OC(C)=O)c1ccc(-c2ccc(F)cc2)cc1. The van der Waals surface area contributed by atoms with Gasteiger partial charge in [0.2, 0.25) is 0 Å². The maximum Gasteiger partial charge on any atom is 0.304 e. The van der Waals surface area contributed by atoms with Crippen LogP contribution in [0.2, 0.25) is 0 Å². The number of ether oxygens (including phenoxy) is 1. The van der Waals surface area contributed by atoms with Crippen LogP contribution in [-0.4, -0.2) is 5.97 Å². The summed E-state index contributed by atoms with van der Waals surface area (Å²) in [4.78, 5) is 11.4. The van der Waals surface area contributed by atoms with Crippen molar-refractivity contribution in [2.45, 2.75) is 32.3 Å². The smallest absolute Gasteiger partial charge is 0.304 e. The molecule has 2 aromatic rings. The molecule has 0 spiro atoms. The lowest BCUT2D eigenvalue weighted by molar-refractivity contribution is -0.153. The lowest BCUT2D eigenvalue weighted by atomic mass is 9.88. The van der Waals surface area contributed by atoms with E-state index in [4.69, 9.17) is 11.2 Å². The summed E-state index contributed by atoms with van der Waals surface area (Å²) < 4.78 is 18.5. The van der Waals surface area contributed by atoms with Crippen LogP contribution in [0, 0.1) is 18.2 Å². The summed E-state index contributed by atoms with van der Waals surface area (Å²) in [5, 5.41) is 0. The van der Waals surface area contributed by atoms with E-state index in [9.17, 15) is 9.18 Å². The topological polar surface area (TPSA) is 26.3 Å². The molecule has 118 valence electrons. The highest BCUT2D eigenvalue weighted by Gasteiger charge is 2.32. The fraction of sp³-hybridized carbons (Fsp3) is 0.250. The maximum absolute atomic E-state index is 13.0. The van der Waals surface area contributed by atoms with Crippen molar-refractivity contribution >= 4 is 5.97 Å². The van der Waals surface area contributed by atoms with Gasteiger partial charge < -0.3 is 4.74 Å². The van der Waals surface area contributed by atoms with E-state index >= 15 is 0 Å². The third-order valence-electron chi connectivity index (χ3n) is 3.68. The first-order valence-electron chi connectivity index (χ1n) is 7.54. The van der Waals surface area contributed by atoms with Gasteiger partial charge in [0.1, 0.15) is 5.82 Å². The minimum absolute atomic E-state index is 0.269. The summed E-state index contributed by atoms with van der Waals surface area (Å²) in [6.07, 6.45) is 7.01. The predicted molar refractivity (Wildman–Crippen MR) is 89.0 cm³/mol. The zero-order valence-corrected chi connectivity index (χ0v) is 13.3. The maximum atomic E-state index is 13.0. The predicted octanol–water partition coefficient (Wildman–Crippen LogP) is 4.68. The largest absolute Gasteiger partial charge is 0.442 e. The van der Waals surface area contributed by atoms with Gasteiger partial charge in [-0.25, -0.2) is 4.39 Å². The van der Waals surface area contributed by atoms with Gasteiger partial charge in [-0.2, -0.15) is 0 Å². The summed E-state index contributed by atoms with van der Waals surface area (Å²) in [6, 6.07) is 13.8. The van der Waals surface area contributed by atoms with Crippen molar-refractivity contribution in [3.63, 3.8) is 0 Å². The average Bonchev–Trinajstić information content (AvgIpc) is 2.55. The standard InChI is InChI=1S/C20H19FO2/c1-4-14-20(5-2,23-15(3)22)18-10-6-16(7-11-18)17-8-12-19(21)13-9-17/h2,6-13H,4,14H2,1,3H3. The van der Waals surface area contributed by atoms with Crippen molar-refractivity contribution in [2.75, 3.05) is 0 Å². The van der Waals surface area contributed by atoms with E-state index in [0.717, 1.165) is 23.1 Å². The molecule has 0 fully saturated rings. The minimum atomic E-state index is -1.04. The van der Waals surface area contributed by atoms with Gasteiger partial charge in [-0.1, -0.05) is 55.7 Å². The van der Waals surface area contributed by atoms with Crippen molar-refractivity contribution in [3.8, 4) is 23.5 Å². The fourth-order valence-electron chi connectivity index (χ4n) is 2.61. The molecule has 0 bridgehead atoms. The second kappa shape index (κ2) is 7.11. The Balaban J connectivity index is 2.37. The number of carbonyl (C=O) groups is 1. The molecule has 2 nitrogen and oxygen atoms in total. The van der Waals surface area contributed by atoms with Crippen molar-refractivity contribution in [1.29, 1.82) is 0 Å². The number of carbonyl (C=O) groups excluding carboxylic acids is 1. The van der Waals surface area contributed by atoms with Crippen molar-refractivity contribution in [2.24, 2.45) is 0 Å². The number of terminal acetylenes is 1. The highest BCUT2D eigenvalue weighted by molar-refractivity contribution is 5.68. The van der Waals surface area contributed by atoms with E-state index in [1.54, 1.807) is 12.1 Å². The Labute approximate surface area is 136 Å². The van der Waals surface area contributed by atoms with Crippen LogP contribution >= 0.6 is 0 Å². The molecule has 0 aliphatic heterocycles. The van der Waals surface area contributed by atoms with Crippen LogP contribution in [0.15, 0.2) is 48.5 Å². The highest BCUT2D eigenvalue weighted by atomic mass is 19.1. The molecule has 0 heterocycles. The van der Waals surface area contributed by atoms with Crippen LogP contribution in [0.5, 0.6) is 0 Å². The van der Waals surface area contributed by atoms with E-state index < -0.39 is 11.6 Å². The van der Waals surface area contributed by atoms with Gasteiger partial charge in [0.05, 0.1) is 0 Å². The summed E-state index contributed by atoms with van der Waals surface area (Å²) in [7, 11) is 0. The average molecular weight is 310 g/mol. The first kappa shape index (κ1) is 16.8. The molecule has 0 aliphatic rings. The first-order chi connectivity index (χ1) is 11.0. The summed E-state index contributed by atoms with van der Waals surface area (Å²) in [5.41, 5.74) is 1.58. The lowest BCUT2D eigenvalue weighted by Crippen LogP contribution is -2.30. The van der Waals surface area contributed by atoms with Gasteiger partial charge in [0, 0.05) is 18.9 Å². The molecule has 0 N–H and O–H groups in total. The molecule has 2 aromatic carbocycles. The number of benzene rings is 2. The molecule has 0 saturated carbocycles. The molecule has 0 aromatic heterocycles. The Bertz CT molecular complexity index is 711. The van der Waals surface area contributed by atoms with Gasteiger partial charge in [-0.3, -0.25) is 4.79 Å². The molecular formula is C20H19FO2. The summed E-state index contributed by atoms with van der Waals surface area (Å²) in [5.74, 6) is 1.97. The number of hydrogen-bond donors (Lipinski definition) is 0. The van der Waals surface area contributed by atoms with Crippen molar-refractivity contribution < 1.29 is 13.9 Å². The molecule has 0 radical (unpaired) electrons. The first-order valence-corrected chi connectivity index (χ1v) is 7.54. The van der Waals surface area contributed by atoms with E-state index in [1.165, 1.54) is 19.1 Å². The normalized spacial score (nSPS) is 13.0. The van der Waals surface area contributed by atoms with E-state index in [-0.39, 0.29) is 5.82 Å². The number of hydrogen-bond acceptors (Lipinski definition) is 2. The van der Waals surface area contributed by atoms with Crippen LogP contribution in [0.1, 0.15) is 32.3 Å². The number of esters is 1. The van der Waals surface area contributed by atoms with Crippen molar-refractivity contribution in [1.82, 2.24) is 0 Å². The molecule has 23 heavy (non-hydrogen) atoms. The quantitative estimate of drug-likeness (QED) is 0.592. The van der Waals surface area contributed by atoms with Gasteiger partial charge in [0.25, 0.3) is 0 Å². The van der Waals surface area contributed by atoms with Crippen LogP contribution < -0.4 is 0 Å². The van der Waals surface area contributed by atoms with Gasteiger partial charge in [-0.15, -0.1) is 6.42 Å². The van der Waals surface area contributed by atoms with Gasteiger partial charge >= 0.3 is 5.97 Å². The Morgan fingerprint density at radius 2 is 1.65 bits per heavy atom. The second-order valence-electron chi connectivity index (χ2n) is 5.40. The molecule has 0 saturated heterocycles. The summed E-state index contributed by atoms with van der Waals surface area (Å²) >= 11 is 0. The molecule has 3 heteroatoms. The zero-order valence-electron chi connectivity index (χ0n) is 13.3. The van der Waals surface area contributed by atoms with Gasteiger partial charge in [0.15, 0.2) is 5.60 Å². The van der Waals surface area contributed by atoms with Crippen LogP contribution in [0.25, 0.3) is 11.1 Å². The molecule has 0 aliphatic carbocycles. The zero-order chi connectivity index (χ0) is 16.9. The van der Waals surface area contributed by atoms with Crippen LogP contribution in [0.4, 0.5) is 4.39 Å². The third kappa shape index (κ3) is 3.78. The minimum Gasteiger partial charge on any atom is -0.442 e. The monoisotopic (exact) mass is 310 g/mol. The van der Waals surface area contributed by atoms with Crippen molar-refractivity contribution in [3.05, 3.63) is 59.9 Å². The second-order valence-corrected chi connectivity index (χ2v) is 5.40. The molecular weight excluding hydrogens is 291 g/mol. The fourth-order valence-corrected chi connectivity index (χ4v) is 2.61. The van der Waals surface area contributed by atoms with Crippen LogP contribution in [0.3, 0.4) is 0 Å². The highest BCUT2D eigenvalue weighted by Crippen LogP contribution is 2.32.